The Morgan fingerprint density at radius 2 is 1.47 bits per heavy atom. The van der Waals surface area contributed by atoms with Crippen LogP contribution in [0.5, 0.6) is 23.0 Å². The molecule has 32 heavy (non-hydrogen) atoms. The summed E-state index contributed by atoms with van der Waals surface area (Å²) in [5.41, 5.74) is 1.61. The van der Waals surface area contributed by atoms with Gasteiger partial charge in [-0.3, -0.25) is 0 Å². The maximum atomic E-state index is 10.2. The first-order chi connectivity index (χ1) is 15.4. The molecule has 3 rings (SSSR count). The van der Waals surface area contributed by atoms with Crippen molar-refractivity contribution in [2.75, 3.05) is 27.9 Å². The van der Waals surface area contributed by atoms with Crippen molar-refractivity contribution in [2.45, 2.75) is 30.7 Å². The summed E-state index contributed by atoms with van der Waals surface area (Å²) in [6.45, 7) is -0.539. The normalized spacial score (nSPS) is 25.5. The average Bonchev–Trinajstić information content (AvgIpc) is 2.82. The van der Waals surface area contributed by atoms with E-state index in [1.165, 1.54) is 7.11 Å². The third kappa shape index (κ3) is 5.32. The predicted octanol–water partition coefficient (Wildman–Crippen LogP) is 1.06. The van der Waals surface area contributed by atoms with Crippen molar-refractivity contribution in [3.05, 3.63) is 47.5 Å². The second-order valence-electron chi connectivity index (χ2n) is 7.20. The Kier molecular flexibility index (Phi) is 7.94. The molecule has 9 heteroatoms. The highest BCUT2D eigenvalue weighted by molar-refractivity contribution is 5.72. The Morgan fingerprint density at radius 1 is 0.781 bits per heavy atom. The zero-order valence-electron chi connectivity index (χ0n) is 18.0. The standard InChI is InChI=1S/C23H28O9/c1-28-15-8-14(5-4-13-6-7-17(29-2)18(10-13)30-3)9-16(11-15)31-23-22(27)21(26)20(25)19(12-24)32-23/h4-11,19-27H,12H2,1-3H3/b5-4+. The van der Waals surface area contributed by atoms with Gasteiger partial charge in [-0.25, -0.2) is 0 Å². The van der Waals surface area contributed by atoms with E-state index in [2.05, 4.69) is 0 Å². The van der Waals surface area contributed by atoms with Gasteiger partial charge in [-0.1, -0.05) is 18.2 Å². The molecular weight excluding hydrogens is 420 g/mol. The Morgan fingerprint density at radius 3 is 2.12 bits per heavy atom. The van der Waals surface area contributed by atoms with E-state index in [0.29, 0.717) is 23.0 Å². The lowest BCUT2D eigenvalue weighted by Gasteiger charge is -2.39. The first-order valence-corrected chi connectivity index (χ1v) is 9.96. The van der Waals surface area contributed by atoms with Crippen LogP contribution in [-0.4, -0.2) is 79.1 Å². The second kappa shape index (κ2) is 10.7. The van der Waals surface area contributed by atoms with E-state index in [1.54, 1.807) is 38.5 Å². The maximum Gasteiger partial charge on any atom is 0.229 e. The van der Waals surface area contributed by atoms with E-state index < -0.39 is 37.3 Å². The van der Waals surface area contributed by atoms with Gasteiger partial charge in [-0.2, -0.15) is 0 Å². The van der Waals surface area contributed by atoms with E-state index >= 15 is 0 Å². The third-order valence-corrected chi connectivity index (χ3v) is 5.11. The zero-order valence-corrected chi connectivity index (χ0v) is 18.0. The van der Waals surface area contributed by atoms with Crippen LogP contribution in [0.25, 0.3) is 12.2 Å². The molecule has 0 bridgehead atoms. The maximum absolute atomic E-state index is 10.2. The number of aliphatic hydroxyl groups is 4. The fourth-order valence-electron chi connectivity index (χ4n) is 3.32. The number of methoxy groups -OCH3 is 3. The van der Waals surface area contributed by atoms with Gasteiger partial charge >= 0.3 is 0 Å². The van der Waals surface area contributed by atoms with Gasteiger partial charge in [0.15, 0.2) is 11.5 Å². The first kappa shape index (κ1) is 23.8. The number of hydrogen-bond donors (Lipinski definition) is 4. The molecule has 1 fully saturated rings. The van der Waals surface area contributed by atoms with Crippen LogP contribution in [0, 0.1) is 0 Å². The van der Waals surface area contributed by atoms with Gasteiger partial charge in [0.2, 0.25) is 6.29 Å². The predicted molar refractivity (Wildman–Crippen MR) is 116 cm³/mol. The molecule has 4 N–H and O–H groups in total. The van der Waals surface area contributed by atoms with Gasteiger partial charge in [0.1, 0.15) is 35.9 Å². The molecule has 1 aliphatic rings. The quantitative estimate of drug-likeness (QED) is 0.439. The summed E-state index contributed by atoms with van der Waals surface area (Å²) in [6, 6.07) is 10.6. The molecule has 0 saturated carbocycles. The molecule has 0 aromatic heterocycles. The SMILES string of the molecule is COc1cc(/C=C/c2ccc(OC)c(OC)c2)cc(OC2OC(CO)C(O)C(O)C2O)c1. The molecule has 1 saturated heterocycles. The Balaban J connectivity index is 1.82. The first-order valence-electron chi connectivity index (χ1n) is 9.96. The minimum Gasteiger partial charge on any atom is -0.497 e. The Labute approximate surface area is 186 Å². The zero-order chi connectivity index (χ0) is 23.3. The van der Waals surface area contributed by atoms with Gasteiger partial charge in [0, 0.05) is 6.07 Å². The van der Waals surface area contributed by atoms with Crippen molar-refractivity contribution in [3.8, 4) is 23.0 Å². The minimum absolute atomic E-state index is 0.306. The van der Waals surface area contributed by atoms with Crippen LogP contribution < -0.4 is 18.9 Å². The molecule has 2 aromatic rings. The van der Waals surface area contributed by atoms with E-state index in [-0.39, 0.29) is 0 Å². The van der Waals surface area contributed by atoms with Crippen LogP contribution in [0.1, 0.15) is 11.1 Å². The molecular formula is C23H28O9. The van der Waals surface area contributed by atoms with E-state index in [4.69, 9.17) is 23.7 Å². The smallest absolute Gasteiger partial charge is 0.229 e. The van der Waals surface area contributed by atoms with Crippen molar-refractivity contribution in [1.29, 1.82) is 0 Å². The van der Waals surface area contributed by atoms with Crippen molar-refractivity contribution < 1.29 is 44.1 Å². The average molecular weight is 448 g/mol. The summed E-state index contributed by atoms with van der Waals surface area (Å²) in [6.07, 6.45) is -3.14. The van der Waals surface area contributed by atoms with Crippen molar-refractivity contribution in [3.63, 3.8) is 0 Å². The van der Waals surface area contributed by atoms with E-state index in [9.17, 15) is 20.4 Å². The lowest BCUT2D eigenvalue weighted by atomic mass is 9.99. The van der Waals surface area contributed by atoms with Crippen LogP contribution in [0.4, 0.5) is 0 Å². The number of benzene rings is 2. The summed E-state index contributed by atoms with van der Waals surface area (Å²) in [5.74, 6) is 2.04. The van der Waals surface area contributed by atoms with E-state index in [1.807, 2.05) is 24.3 Å². The van der Waals surface area contributed by atoms with E-state index in [0.717, 1.165) is 11.1 Å². The summed E-state index contributed by atoms with van der Waals surface area (Å²) in [5, 5.41) is 39.4. The Bertz CT molecular complexity index is 928. The fourth-order valence-corrected chi connectivity index (χ4v) is 3.32. The van der Waals surface area contributed by atoms with Gasteiger partial charge in [0.25, 0.3) is 0 Å². The molecule has 0 aliphatic carbocycles. The molecule has 1 heterocycles. The molecule has 0 amide bonds. The molecule has 1 aliphatic heterocycles. The van der Waals surface area contributed by atoms with Gasteiger partial charge < -0.3 is 44.1 Å². The molecule has 0 radical (unpaired) electrons. The lowest BCUT2D eigenvalue weighted by molar-refractivity contribution is -0.277. The van der Waals surface area contributed by atoms with Crippen molar-refractivity contribution >= 4 is 12.2 Å². The lowest BCUT2D eigenvalue weighted by Crippen LogP contribution is -2.60. The monoisotopic (exact) mass is 448 g/mol. The number of hydrogen-bond acceptors (Lipinski definition) is 9. The highest BCUT2D eigenvalue weighted by atomic mass is 16.7. The summed E-state index contributed by atoms with van der Waals surface area (Å²) >= 11 is 0. The molecule has 9 nitrogen and oxygen atoms in total. The van der Waals surface area contributed by atoms with Crippen LogP contribution in [-0.2, 0) is 4.74 Å². The molecule has 174 valence electrons. The summed E-state index contributed by atoms with van der Waals surface area (Å²) < 4.78 is 27.0. The van der Waals surface area contributed by atoms with Crippen molar-refractivity contribution in [2.24, 2.45) is 0 Å². The van der Waals surface area contributed by atoms with Crippen molar-refractivity contribution in [1.82, 2.24) is 0 Å². The minimum atomic E-state index is -1.53. The van der Waals surface area contributed by atoms with Gasteiger partial charge in [0.05, 0.1) is 27.9 Å². The molecule has 5 atom stereocenters. The summed E-state index contributed by atoms with van der Waals surface area (Å²) in [7, 11) is 4.64. The highest BCUT2D eigenvalue weighted by Gasteiger charge is 2.44. The van der Waals surface area contributed by atoms with Gasteiger partial charge in [-0.15, -0.1) is 0 Å². The molecule has 2 aromatic carbocycles. The van der Waals surface area contributed by atoms with Crippen LogP contribution in [0.15, 0.2) is 36.4 Å². The van der Waals surface area contributed by atoms with Gasteiger partial charge in [-0.05, 0) is 35.4 Å². The highest BCUT2D eigenvalue weighted by Crippen LogP contribution is 2.30. The van der Waals surface area contributed by atoms with Crippen LogP contribution in [0.2, 0.25) is 0 Å². The molecule has 0 spiro atoms. The molecule has 5 unspecified atom stereocenters. The topological polar surface area (TPSA) is 127 Å². The summed E-state index contributed by atoms with van der Waals surface area (Å²) in [4.78, 5) is 0. The number of rotatable bonds is 8. The largest absolute Gasteiger partial charge is 0.497 e. The number of aliphatic hydroxyl groups excluding tert-OH is 4. The third-order valence-electron chi connectivity index (χ3n) is 5.11. The Hall–Kier alpha value is -2.82. The van der Waals surface area contributed by atoms with Crippen LogP contribution in [0.3, 0.4) is 0 Å². The second-order valence-corrected chi connectivity index (χ2v) is 7.20. The fraction of sp³-hybridized carbons (Fsp3) is 0.391. The van der Waals surface area contributed by atoms with Crippen LogP contribution >= 0.6 is 0 Å². The number of ether oxygens (including phenoxy) is 5.